The Morgan fingerprint density at radius 2 is 1.87 bits per heavy atom. The molecule has 0 unspecified atom stereocenters. The molecule has 3 aromatic rings. The fourth-order valence-electron chi connectivity index (χ4n) is 4.74. The van der Waals surface area contributed by atoms with Crippen molar-refractivity contribution in [1.29, 1.82) is 0 Å². The quantitative estimate of drug-likeness (QED) is 0.376. The number of phenolic OH excluding ortho intramolecular Hbond substituents is 1. The second-order valence-electron chi connectivity index (χ2n) is 10.6. The molecule has 0 aliphatic carbocycles. The van der Waals surface area contributed by atoms with E-state index in [1.807, 2.05) is 20.8 Å². The van der Waals surface area contributed by atoms with Crippen LogP contribution in [-0.2, 0) is 16.0 Å². The first-order valence-corrected chi connectivity index (χ1v) is 12.7. The zero-order valence-corrected chi connectivity index (χ0v) is 22.4. The number of carbonyl (C=O) groups is 3. The van der Waals surface area contributed by atoms with Crippen LogP contribution in [0, 0.1) is 0 Å². The number of nitrogens with zero attached hydrogens (tertiary/aromatic N) is 2. The molecule has 2 aliphatic rings. The number of fused-ring (bicyclic) bond motifs is 2. The molecular weight excluding hydrogens is 502 g/mol. The molecule has 1 aromatic heterocycles. The predicted octanol–water partition coefficient (Wildman–Crippen LogP) is 4.33. The van der Waals surface area contributed by atoms with Gasteiger partial charge in [-0.2, -0.15) is 0 Å². The number of hydrogen-bond acceptors (Lipinski definition) is 8. The number of esters is 1. The van der Waals surface area contributed by atoms with Gasteiger partial charge in [-0.1, -0.05) is 6.07 Å². The van der Waals surface area contributed by atoms with Gasteiger partial charge in [0.1, 0.15) is 17.1 Å². The number of rotatable bonds is 4. The van der Waals surface area contributed by atoms with Crippen molar-refractivity contribution >= 4 is 34.8 Å². The number of aromatic nitrogens is 1. The van der Waals surface area contributed by atoms with Crippen molar-refractivity contribution in [3.63, 3.8) is 0 Å². The molecule has 2 N–H and O–H groups in total. The summed E-state index contributed by atoms with van der Waals surface area (Å²) in [7, 11) is 1.33. The monoisotopic (exact) mass is 533 g/mol. The van der Waals surface area contributed by atoms with Gasteiger partial charge in [0.25, 0.3) is 0 Å². The molecule has 39 heavy (non-hydrogen) atoms. The number of aromatic amines is 1. The molecule has 2 aromatic carbocycles. The SMILES string of the molecule is COC(=O)c1ccc2c(/C=C3\Oc4c(ccc(O)c4CN4CCN(C(=O)OC(C)(C)C)CC4)C3=O)c[nH]c2c1. The average molecular weight is 534 g/mol. The fourth-order valence-corrected chi connectivity index (χ4v) is 4.74. The standard InChI is InChI=1S/C29H31N3O7/c1-29(2,3)39-28(36)32-11-9-31(10-12-32)16-21-23(33)8-7-20-25(34)24(38-26(20)21)14-18-15-30-22-13-17(27(35)37-4)5-6-19(18)22/h5-8,13-15,30,33H,9-12,16H2,1-4H3/b24-14-. The summed E-state index contributed by atoms with van der Waals surface area (Å²) in [4.78, 5) is 44.3. The van der Waals surface area contributed by atoms with Gasteiger partial charge in [0.2, 0.25) is 5.78 Å². The Bertz CT molecular complexity index is 1490. The molecule has 204 valence electrons. The number of ketones is 1. The number of allylic oxidation sites excluding steroid dienone is 1. The predicted molar refractivity (Wildman–Crippen MR) is 144 cm³/mol. The molecule has 5 rings (SSSR count). The Labute approximate surface area is 225 Å². The minimum atomic E-state index is -0.557. The second-order valence-corrected chi connectivity index (χ2v) is 10.6. The van der Waals surface area contributed by atoms with Gasteiger partial charge in [-0.25, -0.2) is 9.59 Å². The zero-order chi connectivity index (χ0) is 27.9. The summed E-state index contributed by atoms with van der Waals surface area (Å²) in [6.07, 6.45) is 3.05. The van der Waals surface area contributed by atoms with E-state index < -0.39 is 11.6 Å². The summed E-state index contributed by atoms with van der Waals surface area (Å²) in [6.45, 7) is 8.03. The minimum Gasteiger partial charge on any atom is -0.507 e. The van der Waals surface area contributed by atoms with E-state index in [1.54, 1.807) is 41.4 Å². The number of carbonyl (C=O) groups excluding carboxylic acids is 3. The summed E-state index contributed by atoms with van der Waals surface area (Å²) in [5.41, 5.74) is 2.21. The van der Waals surface area contributed by atoms with Gasteiger partial charge in [0.15, 0.2) is 5.76 Å². The zero-order valence-electron chi connectivity index (χ0n) is 22.4. The number of phenols is 1. The molecule has 10 heteroatoms. The Morgan fingerprint density at radius 3 is 2.56 bits per heavy atom. The third-order valence-electron chi connectivity index (χ3n) is 6.74. The molecule has 1 saturated heterocycles. The average Bonchev–Trinajstić information content (AvgIpc) is 3.45. The highest BCUT2D eigenvalue weighted by Gasteiger charge is 2.33. The molecule has 1 amide bonds. The first-order valence-electron chi connectivity index (χ1n) is 12.7. The van der Waals surface area contributed by atoms with Crippen LogP contribution >= 0.6 is 0 Å². The van der Waals surface area contributed by atoms with Gasteiger partial charge >= 0.3 is 12.1 Å². The van der Waals surface area contributed by atoms with E-state index in [-0.39, 0.29) is 23.4 Å². The van der Waals surface area contributed by atoms with Gasteiger partial charge in [-0.15, -0.1) is 0 Å². The number of Topliss-reactive ketones (excluding diaryl/α,β-unsaturated/α-hetero) is 1. The molecule has 0 radical (unpaired) electrons. The number of amides is 1. The molecule has 0 spiro atoms. The van der Waals surface area contributed by atoms with Crippen molar-refractivity contribution < 1.29 is 33.7 Å². The maximum Gasteiger partial charge on any atom is 0.410 e. The largest absolute Gasteiger partial charge is 0.507 e. The van der Waals surface area contributed by atoms with Gasteiger partial charge in [-0.3, -0.25) is 9.69 Å². The van der Waals surface area contributed by atoms with Gasteiger partial charge in [-0.05, 0) is 51.1 Å². The van der Waals surface area contributed by atoms with Gasteiger partial charge < -0.3 is 29.2 Å². The van der Waals surface area contributed by atoms with Crippen molar-refractivity contribution in [3.8, 4) is 11.5 Å². The lowest BCUT2D eigenvalue weighted by Crippen LogP contribution is -2.49. The number of benzene rings is 2. The number of piperazine rings is 1. The third kappa shape index (κ3) is 5.33. The molecule has 0 bridgehead atoms. The van der Waals surface area contributed by atoms with Crippen LogP contribution in [-0.4, -0.2) is 76.6 Å². The molecule has 10 nitrogen and oxygen atoms in total. The first kappa shape index (κ1) is 26.3. The van der Waals surface area contributed by atoms with Crippen molar-refractivity contribution in [1.82, 2.24) is 14.8 Å². The molecule has 1 fully saturated rings. The Kier molecular flexibility index (Phi) is 6.82. The summed E-state index contributed by atoms with van der Waals surface area (Å²) in [6, 6.07) is 8.21. The van der Waals surface area contributed by atoms with Gasteiger partial charge in [0, 0.05) is 55.4 Å². The van der Waals surface area contributed by atoms with Crippen molar-refractivity contribution in [2.45, 2.75) is 32.9 Å². The number of hydrogen-bond donors (Lipinski definition) is 2. The summed E-state index contributed by atoms with van der Waals surface area (Å²) >= 11 is 0. The highest BCUT2D eigenvalue weighted by atomic mass is 16.6. The van der Waals surface area contributed by atoms with Crippen molar-refractivity contribution in [2.24, 2.45) is 0 Å². The van der Waals surface area contributed by atoms with E-state index in [2.05, 4.69) is 9.88 Å². The Hall–Kier alpha value is -4.31. The van der Waals surface area contributed by atoms with E-state index in [9.17, 15) is 19.5 Å². The fraction of sp³-hybridized carbons (Fsp3) is 0.345. The number of nitrogens with one attached hydrogen (secondary N) is 1. The van der Waals surface area contributed by atoms with Crippen LogP contribution < -0.4 is 4.74 Å². The third-order valence-corrected chi connectivity index (χ3v) is 6.74. The van der Waals surface area contributed by atoms with Crippen LogP contribution in [0.5, 0.6) is 11.5 Å². The molecule has 3 heterocycles. The number of methoxy groups -OCH3 is 1. The number of aromatic hydroxyl groups is 1. The molecule has 0 saturated carbocycles. The van der Waals surface area contributed by atoms with E-state index in [0.29, 0.717) is 55.2 Å². The van der Waals surface area contributed by atoms with E-state index in [4.69, 9.17) is 14.2 Å². The summed E-state index contributed by atoms with van der Waals surface area (Å²) in [5, 5.41) is 11.5. The summed E-state index contributed by atoms with van der Waals surface area (Å²) < 4.78 is 16.3. The normalized spacial score (nSPS) is 16.9. The van der Waals surface area contributed by atoms with Crippen LogP contribution in [0.2, 0.25) is 0 Å². The number of H-pyrrole nitrogens is 1. The Morgan fingerprint density at radius 1 is 1.13 bits per heavy atom. The Balaban J connectivity index is 1.33. The van der Waals surface area contributed by atoms with E-state index in [0.717, 1.165) is 16.5 Å². The van der Waals surface area contributed by atoms with Crippen LogP contribution in [0.1, 0.15) is 52.6 Å². The molecule has 2 aliphatic heterocycles. The highest BCUT2D eigenvalue weighted by molar-refractivity contribution is 6.15. The first-order chi connectivity index (χ1) is 18.5. The van der Waals surface area contributed by atoms with E-state index in [1.165, 1.54) is 13.2 Å². The van der Waals surface area contributed by atoms with Crippen molar-refractivity contribution in [2.75, 3.05) is 33.3 Å². The lowest BCUT2D eigenvalue weighted by atomic mass is 10.0. The van der Waals surface area contributed by atoms with Crippen LogP contribution in [0.3, 0.4) is 0 Å². The van der Waals surface area contributed by atoms with Crippen LogP contribution in [0.25, 0.3) is 17.0 Å². The maximum atomic E-state index is 13.2. The maximum absolute atomic E-state index is 13.2. The minimum absolute atomic E-state index is 0.0415. The van der Waals surface area contributed by atoms with Crippen LogP contribution in [0.15, 0.2) is 42.3 Å². The van der Waals surface area contributed by atoms with Crippen LogP contribution in [0.4, 0.5) is 4.79 Å². The highest BCUT2D eigenvalue weighted by Crippen LogP contribution is 2.40. The van der Waals surface area contributed by atoms with Crippen molar-refractivity contribution in [3.05, 3.63) is 64.5 Å². The molecule has 0 atom stereocenters. The molecular formula is C29H31N3O7. The summed E-state index contributed by atoms with van der Waals surface area (Å²) in [5.74, 6) is -0.186. The lowest BCUT2D eigenvalue weighted by Gasteiger charge is -2.35. The topological polar surface area (TPSA) is 121 Å². The smallest absolute Gasteiger partial charge is 0.410 e. The van der Waals surface area contributed by atoms with Gasteiger partial charge in [0.05, 0.1) is 23.8 Å². The van der Waals surface area contributed by atoms with E-state index >= 15 is 0 Å². The number of ether oxygens (including phenoxy) is 3. The second kappa shape index (κ2) is 10.1. The lowest BCUT2D eigenvalue weighted by molar-refractivity contribution is 0.0137.